The van der Waals surface area contributed by atoms with Crippen LogP contribution in [0.15, 0.2) is 36.9 Å². The smallest absolute Gasteiger partial charge is 0.119 e. The van der Waals surface area contributed by atoms with Crippen molar-refractivity contribution in [2.24, 2.45) is 17.8 Å². The van der Waals surface area contributed by atoms with Crippen LogP contribution in [0, 0.1) is 17.8 Å². The third kappa shape index (κ3) is 11.3. The molecule has 2 aliphatic carbocycles. The predicted molar refractivity (Wildman–Crippen MR) is 152 cm³/mol. The molecule has 0 heterocycles. The quantitative estimate of drug-likeness (QED) is 0.149. The maximum atomic E-state index is 6.18. The number of unbranched alkanes of at least 4 members (excludes halogenated alkanes) is 7. The Hall–Kier alpha value is -1.48. The zero-order valence-electron chi connectivity index (χ0n) is 23.3. The van der Waals surface area contributed by atoms with Gasteiger partial charge in [0.1, 0.15) is 11.5 Å². The Morgan fingerprint density at radius 3 is 1.94 bits per heavy atom. The van der Waals surface area contributed by atoms with Crippen molar-refractivity contribution in [2.45, 2.75) is 122 Å². The Bertz CT molecular complexity index is 669. The van der Waals surface area contributed by atoms with Crippen molar-refractivity contribution in [2.75, 3.05) is 19.8 Å². The summed E-state index contributed by atoms with van der Waals surface area (Å²) in [7, 11) is 0. The number of hydrogen-bond donors (Lipinski definition) is 0. The molecule has 0 bridgehead atoms. The van der Waals surface area contributed by atoms with Gasteiger partial charge >= 0.3 is 0 Å². The van der Waals surface area contributed by atoms with Crippen molar-refractivity contribution in [3.63, 3.8) is 0 Å². The van der Waals surface area contributed by atoms with Gasteiger partial charge in [0, 0.05) is 6.61 Å². The van der Waals surface area contributed by atoms with Crippen LogP contribution in [-0.2, 0) is 4.74 Å². The van der Waals surface area contributed by atoms with E-state index in [1.54, 1.807) is 0 Å². The molecule has 36 heavy (non-hydrogen) atoms. The standard InChI is InChI=1S/C33H54O3/c1-3-5-7-9-11-25-34-31-19-17-30(18-20-31)29-15-13-28(14-16-29)27-36-33-23-21-32(22-24-33)35-26-12-10-8-6-4-2/h3,21-24,28-31H,1,4-20,25-27H2,2H3. The lowest BCUT2D eigenvalue weighted by Crippen LogP contribution is -2.29. The van der Waals surface area contributed by atoms with E-state index in [9.17, 15) is 0 Å². The van der Waals surface area contributed by atoms with Gasteiger partial charge in [0.25, 0.3) is 0 Å². The number of rotatable bonds is 18. The molecule has 0 spiro atoms. The van der Waals surface area contributed by atoms with E-state index in [2.05, 4.69) is 37.8 Å². The van der Waals surface area contributed by atoms with E-state index in [0.717, 1.165) is 56.0 Å². The van der Waals surface area contributed by atoms with Gasteiger partial charge in [-0.3, -0.25) is 0 Å². The van der Waals surface area contributed by atoms with Crippen LogP contribution in [0.4, 0.5) is 0 Å². The van der Waals surface area contributed by atoms with Crippen LogP contribution in [0.25, 0.3) is 0 Å². The molecule has 2 saturated carbocycles. The number of allylic oxidation sites excluding steroid dienone is 1. The Labute approximate surface area is 222 Å². The van der Waals surface area contributed by atoms with Gasteiger partial charge in [-0.05, 0) is 119 Å². The largest absolute Gasteiger partial charge is 0.494 e. The molecule has 1 aromatic carbocycles. The van der Waals surface area contributed by atoms with E-state index >= 15 is 0 Å². The van der Waals surface area contributed by atoms with E-state index in [0.29, 0.717) is 12.0 Å². The summed E-state index contributed by atoms with van der Waals surface area (Å²) in [6.07, 6.45) is 24.5. The Kier molecular flexibility index (Phi) is 14.4. The monoisotopic (exact) mass is 498 g/mol. The Morgan fingerprint density at radius 1 is 0.694 bits per heavy atom. The second-order valence-electron chi connectivity index (χ2n) is 11.4. The molecule has 0 N–H and O–H groups in total. The maximum Gasteiger partial charge on any atom is 0.119 e. The van der Waals surface area contributed by atoms with Crippen molar-refractivity contribution in [3.8, 4) is 11.5 Å². The van der Waals surface area contributed by atoms with Gasteiger partial charge in [0.15, 0.2) is 0 Å². The van der Waals surface area contributed by atoms with Crippen LogP contribution in [0.3, 0.4) is 0 Å². The minimum absolute atomic E-state index is 0.521. The highest BCUT2D eigenvalue weighted by molar-refractivity contribution is 5.31. The van der Waals surface area contributed by atoms with E-state index in [1.807, 2.05) is 6.08 Å². The number of hydrogen-bond acceptors (Lipinski definition) is 3. The molecule has 0 amide bonds. The first-order valence-electron chi connectivity index (χ1n) is 15.4. The predicted octanol–water partition coefficient (Wildman–Crippen LogP) is 9.54. The molecular formula is C33H54O3. The summed E-state index contributed by atoms with van der Waals surface area (Å²) in [5.74, 6) is 4.51. The average Bonchev–Trinajstić information content (AvgIpc) is 2.93. The molecule has 1 aromatic rings. The van der Waals surface area contributed by atoms with Crippen LogP contribution >= 0.6 is 0 Å². The highest BCUT2D eigenvalue weighted by atomic mass is 16.5. The van der Waals surface area contributed by atoms with E-state index in [-0.39, 0.29) is 0 Å². The summed E-state index contributed by atoms with van der Waals surface area (Å²) < 4.78 is 18.2. The minimum Gasteiger partial charge on any atom is -0.494 e. The first-order valence-corrected chi connectivity index (χ1v) is 15.4. The van der Waals surface area contributed by atoms with Gasteiger partial charge in [0.05, 0.1) is 19.3 Å². The zero-order valence-corrected chi connectivity index (χ0v) is 23.3. The minimum atomic E-state index is 0.521. The summed E-state index contributed by atoms with van der Waals surface area (Å²) >= 11 is 0. The van der Waals surface area contributed by atoms with Gasteiger partial charge in [-0.1, -0.05) is 45.1 Å². The fourth-order valence-corrected chi connectivity index (χ4v) is 6.11. The summed E-state index contributed by atoms with van der Waals surface area (Å²) in [5, 5.41) is 0. The summed E-state index contributed by atoms with van der Waals surface area (Å²) in [6.45, 7) is 8.68. The normalized spacial score (nSPS) is 24.4. The summed E-state index contributed by atoms with van der Waals surface area (Å²) in [6, 6.07) is 8.25. The Morgan fingerprint density at radius 2 is 1.28 bits per heavy atom. The molecule has 0 aliphatic heterocycles. The third-order valence-electron chi connectivity index (χ3n) is 8.51. The molecule has 0 unspecified atom stereocenters. The van der Waals surface area contributed by atoms with Crippen LogP contribution < -0.4 is 9.47 Å². The molecular weight excluding hydrogens is 444 g/mol. The first-order chi connectivity index (χ1) is 17.8. The van der Waals surface area contributed by atoms with Gasteiger partial charge < -0.3 is 14.2 Å². The molecule has 0 atom stereocenters. The molecule has 2 fully saturated rings. The molecule has 0 saturated heterocycles. The second-order valence-corrected chi connectivity index (χ2v) is 11.4. The lowest BCUT2D eigenvalue weighted by Gasteiger charge is -2.37. The maximum absolute atomic E-state index is 6.18. The van der Waals surface area contributed by atoms with Crippen LogP contribution in [0.2, 0.25) is 0 Å². The Balaban J connectivity index is 1.22. The molecule has 3 nitrogen and oxygen atoms in total. The molecule has 2 aliphatic rings. The molecule has 3 heteroatoms. The number of benzene rings is 1. The topological polar surface area (TPSA) is 27.7 Å². The van der Waals surface area contributed by atoms with Gasteiger partial charge in [-0.25, -0.2) is 0 Å². The van der Waals surface area contributed by atoms with Crippen LogP contribution in [-0.4, -0.2) is 25.9 Å². The van der Waals surface area contributed by atoms with Crippen molar-refractivity contribution < 1.29 is 14.2 Å². The lowest BCUT2D eigenvalue weighted by molar-refractivity contribution is 0.00477. The second kappa shape index (κ2) is 17.9. The van der Waals surface area contributed by atoms with Gasteiger partial charge in [-0.2, -0.15) is 0 Å². The number of ether oxygens (including phenoxy) is 3. The van der Waals surface area contributed by atoms with Crippen molar-refractivity contribution in [1.82, 2.24) is 0 Å². The fraction of sp³-hybridized carbons (Fsp3) is 0.758. The summed E-state index contributed by atoms with van der Waals surface area (Å²) in [5.41, 5.74) is 0. The summed E-state index contributed by atoms with van der Waals surface area (Å²) in [4.78, 5) is 0. The van der Waals surface area contributed by atoms with E-state index in [1.165, 1.54) is 96.3 Å². The van der Waals surface area contributed by atoms with Crippen molar-refractivity contribution in [3.05, 3.63) is 36.9 Å². The van der Waals surface area contributed by atoms with E-state index < -0.39 is 0 Å². The lowest BCUT2D eigenvalue weighted by atomic mass is 9.71. The molecule has 0 radical (unpaired) electrons. The third-order valence-corrected chi connectivity index (χ3v) is 8.51. The van der Waals surface area contributed by atoms with E-state index in [4.69, 9.17) is 14.2 Å². The van der Waals surface area contributed by atoms with Crippen molar-refractivity contribution >= 4 is 0 Å². The van der Waals surface area contributed by atoms with Crippen LogP contribution in [0.5, 0.6) is 11.5 Å². The molecule has 0 aromatic heterocycles. The van der Waals surface area contributed by atoms with Crippen LogP contribution in [0.1, 0.15) is 116 Å². The van der Waals surface area contributed by atoms with Gasteiger partial charge in [0.2, 0.25) is 0 Å². The van der Waals surface area contributed by atoms with Crippen molar-refractivity contribution in [1.29, 1.82) is 0 Å². The highest BCUT2D eigenvalue weighted by Crippen LogP contribution is 2.40. The zero-order chi connectivity index (χ0) is 25.3. The average molecular weight is 499 g/mol. The molecule has 204 valence electrons. The molecule has 3 rings (SSSR count). The van der Waals surface area contributed by atoms with Gasteiger partial charge in [-0.15, -0.1) is 6.58 Å². The first kappa shape index (κ1) is 29.1. The highest BCUT2D eigenvalue weighted by Gasteiger charge is 2.31. The SMILES string of the molecule is C=CCCCCCOC1CCC(C2CCC(COc3ccc(OCCCCCCC)cc3)CC2)CC1. The fourth-order valence-electron chi connectivity index (χ4n) is 6.11.